The van der Waals surface area contributed by atoms with E-state index in [4.69, 9.17) is 0 Å². The van der Waals surface area contributed by atoms with Gasteiger partial charge in [0.05, 0.1) is 17.4 Å². The maximum atomic E-state index is 12.9. The first kappa shape index (κ1) is 20.3. The molecule has 7 heteroatoms. The number of aromatic amines is 1. The molecule has 0 unspecified atom stereocenters. The van der Waals surface area contributed by atoms with Crippen LogP contribution in [0.4, 0.5) is 5.69 Å². The summed E-state index contributed by atoms with van der Waals surface area (Å²) in [4.78, 5) is 24.1. The second-order valence-electron chi connectivity index (χ2n) is 8.39. The number of rotatable bonds is 5. The lowest BCUT2D eigenvalue weighted by Gasteiger charge is -2.26. The fraction of sp³-hybridized carbons (Fsp3) is 0.280. The maximum absolute atomic E-state index is 12.9. The molecule has 5 rings (SSSR count). The molecule has 1 aliphatic rings. The third-order valence-corrected chi connectivity index (χ3v) is 5.93. The summed E-state index contributed by atoms with van der Waals surface area (Å²) in [6, 6.07) is 11.9. The summed E-state index contributed by atoms with van der Waals surface area (Å²) in [5, 5.41) is 10.9. The highest BCUT2D eigenvalue weighted by Crippen LogP contribution is 2.26. The lowest BCUT2D eigenvalue weighted by atomic mass is 10.0. The van der Waals surface area contributed by atoms with Gasteiger partial charge in [-0.25, -0.2) is 0 Å². The minimum absolute atomic E-state index is 0.268. The van der Waals surface area contributed by atoms with Gasteiger partial charge in [-0.15, -0.1) is 0 Å². The Balaban J connectivity index is 1.40. The Kier molecular flexibility index (Phi) is 5.64. The Morgan fingerprint density at radius 3 is 2.72 bits per heavy atom. The quantitative estimate of drug-likeness (QED) is 0.488. The molecule has 1 aromatic carbocycles. The molecule has 0 spiro atoms. The number of benzene rings is 1. The molecule has 2 N–H and O–H groups in total. The first-order valence-corrected chi connectivity index (χ1v) is 11.0. The number of fused-ring (bicyclic) bond motifs is 1. The van der Waals surface area contributed by atoms with Crippen molar-refractivity contribution in [1.29, 1.82) is 0 Å². The van der Waals surface area contributed by atoms with E-state index < -0.39 is 0 Å². The number of carbonyl (C=O) groups excluding carboxylic acids is 1. The van der Waals surface area contributed by atoms with Gasteiger partial charge in [-0.1, -0.05) is 12.5 Å². The molecule has 1 aliphatic heterocycles. The van der Waals surface area contributed by atoms with Crippen molar-refractivity contribution in [2.24, 2.45) is 0 Å². The molecule has 0 atom stereocenters. The van der Waals surface area contributed by atoms with E-state index in [0.717, 1.165) is 47.4 Å². The van der Waals surface area contributed by atoms with E-state index in [0.29, 0.717) is 11.4 Å². The standard InChI is InChI=1S/C25H26N6O/c1-17-5-7-21(15-27-17)28-25(32)24-22-12-19(6-8-23(22)29-30-24)20-11-18(13-26-14-20)16-31-9-3-2-4-10-31/h5-8,11-15H,2-4,9-10,16H2,1H3,(H,28,32)(H,29,30). The Morgan fingerprint density at radius 1 is 1.03 bits per heavy atom. The molecule has 0 radical (unpaired) electrons. The number of nitrogens with zero attached hydrogens (tertiary/aromatic N) is 4. The molecule has 1 saturated heterocycles. The second-order valence-corrected chi connectivity index (χ2v) is 8.39. The van der Waals surface area contributed by atoms with Crippen LogP contribution in [0.25, 0.3) is 22.0 Å². The largest absolute Gasteiger partial charge is 0.319 e. The van der Waals surface area contributed by atoms with E-state index in [2.05, 4.69) is 36.4 Å². The molecule has 3 aromatic heterocycles. The lowest BCUT2D eigenvalue weighted by molar-refractivity contribution is 0.102. The summed E-state index contributed by atoms with van der Waals surface area (Å²) in [7, 11) is 0. The van der Waals surface area contributed by atoms with Gasteiger partial charge in [-0.05, 0) is 74.3 Å². The first-order valence-electron chi connectivity index (χ1n) is 11.0. The number of amides is 1. The van der Waals surface area contributed by atoms with Crippen LogP contribution in [0.15, 0.2) is 55.0 Å². The molecule has 162 valence electrons. The molecule has 1 fully saturated rings. The highest BCUT2D eigenvalue weighted by atomic mass is 16.1. The molecule has 4 heterocycles. The van der Waals surface area contributed by atoms with Crippen LogP contribution in [0.5, 0.6) is 0 Å². The van der Waals surface area contributed by atoms with Crippen LogP contribution in [0.1, 0.15) is 41.0 Å². The Bertz CT molecular complexity index is 1240. The van der Waals surface area contributed by atoms with Crippen molar-refractivity contribution in [3.05, 3.63) is 71.9 Å². The third-order valence-electron chi connectivity index (χ3n) is 5.93. The number of likely N-dealkylation sites (tertiary alicyclic amines) is 1. The van der Waals surface area contributed by atoms with Crippen LogP contribution in [-0.2, 0) is 6.54 Å². The van der Waals surface area contributed by atoms with Crippen LogP contribution < -0.4 is 5.32 Å². The van der Waals surface area contributed by atoms with Gasteiger partial charge in [0.1, 0.15) is 0 Å². The number of pyridine rings is 2. The van der Waals surface area contributed by atoms with Crippen LogP contribution in [0, 0.1) is 6.92 Å². The van der Waals surface area contributed by atoms with Gasteiger partial charge >= 0.3 is 0 Å². The predicted octanol–water partition coefficient (Wildman–Crippen LogP) is 4.57. The molecule has 0 saturated carbocycles. The number of nitrogens with one attached hydrogen (secondary N) is 2. The fourth-order valence-electron chi connectivity index (χ4n) is 4.21. The van der Waals surface area contributed by atoms with Crippen LogP contribution >= 0.6 is 0 Å². The molecule has 7 nitrogen and oxygen atoms in total. The van der Waals surface area contributed by atoms with Crippen LogP contribution in [0.3, 0.4) is 0 Å². The monoisotopic (exact) mass is 426 g/mol. The molecule has 32 heavy (non-hydrogen) atoms. The normalized spacial score (nSPS) is 14.5. The first-order chi connectivity index (χ1) is 15.7. The lowest BCUT2D eigenvalue weighted by Crippen LogP contribution is -2.29. The van der Waals surface area contributed by atoms with E-state index >= 15 is 0 Å². The zero-order valence-corrected chi connectivity index (χ0v) is 18.1. The number of hydrogen-bond donors (Lipinski definition) is 2. The number of H-pyrrole nitrogens is 1. The van der Waals surface area contributed by atoms with Gasteiger partial charge in [-0.2, -0.15) is 5.10 Å². The Hall–Kier alpha value is -3.58. The fourth-order valence-corrected chi connectivity index (χ4v) is 4.21. The summed E-state index contributed by atoms with van der Waals surface area (Å²) in [6.45, 7) is 5.14. The van der Waals surface area contributed by atoms with Gasteiger partial charge in [0.2, 0.25) is 0 Å². The number of carbonyl (C=O) groups is 1. The third kappa shape index (κ3) is 4.38. The maximum Gasteiger partial charge on any atom is 0.276 e. The smallest absolute Gasteiger partial charge is 0.276 e. The van der Waals surface area contributed by atoms with E-state index in [9.17, 15) is 4.79 Å². The average Bonchev–Trinajstić information content (AvgIpc) is 3.25. The number of aromatic nitrogens is 4. The van der Waals surface area contributed by atoms with Crippen molar-refractivity contribution in [1.82, 2.24) is 25.1 Å². The number of aryl methyl sites for hydroxylation is 1. The van der Waals surface area contributed by atoms with E-state index in [1.807, 2.05) is 49.6 Å². The van der Waals surface area contributed by atoms with Crippen molar-refractivity contribution >= 4 is 22.5 Å². The zero-order chi connectivity index (χ0) is 21.9. The summed E-state index contributed by atoms with van der Waals surface area (Å²) in [5.74, 6) is -0.268. The van der Waals surface area contributed by atoms with Gasteiger partial charge in [-0.3, -0.25) is 24.8 Å². The number of anilines is 1. The molecule has 1 amide bonds. The number of hydrogen-bond acceptors (Lipinski definition) is 5. The highest BCUT2D eigenvalue weighted by Gasteiger charge is 2.16. The Morgan fingerprint density at radius 2 is 1.91 bits per heavy atom. The molecular formula is C25H26N6O. The second kappa shape index (κ2) is 8.88. The Labute approximate surface area is 186 Å². The summed E-state index contributed by atoms with van der Waals surface area (Å²) >= 11 is 0. The van der Waals surface area contributed by atoms with E-state index in [1.54, 1.807) is 6.20 Å². The van der Waals surface area contributed by atoms with E-state index in [-0.39, 0.29) is 5.91 Å². The summed E-state index contributed by atoms with van der Waals surface area (Å²) < 4.78 is 0. The van der Waals surface area contributed by atoms with Gasteiger partial charge in [0.25, 0.3) is 5.91 Å². The predicted molar refractivity (Wildman–Crippen MR) is 125 cm³/mol. The van der Waals surface area contributed by atoms with Gasteiger partial charge < -0.3 is 5.32 Å². The van der Waals surface area contributed by atoms with Crippen molar-refractivity contribution in [2.75, 3.05) is 18.4 Å². The molecule has 0 bridgehead atoms. The van der Waals surface area contributed by atoms with E-state index in [1.165, 1.54) is 24.8 Å². The molecular weight excluding hydrogens is 400 g/mol. The topological polar surface area (TPSA) is 86.8 Å². The van der Waals surface area contributed by atoms with Crippen LogP contribution in [-0.4, -0.2) is 44.1 Å². The van der Waals surface area contributed by atoms with Crippen molar-refractivity contribution < 1.29 is 4.79 Å². The highest BCUT2D eigenvalue weighted by molar-refractivity contribution is 6.11. The minimum atomic E-state index is -0.268. The summed E-state index contributed by atoms with van der Waals surface area (Å²) in [6.07, 6.45) is 9.34. The number of piperidine rings is 1. The average molecular weight is 427 g/mol. The van der Waals surface area contributed by atoms with Gasteiger partial charge in [0, 0.05) is 35.6 Å². The molecule has 4 aromatic rings. The zero-order valence-electron chi connectivity index (χ0n) is 18.1. The van der Waals surface area contributed by atoms with Crippen molar-refractivity contribution in [2.45, 2.75) is 32.7 Å². The SMILES string of the molecule is Cc1ccc(NC(=O)c2n[nH]c3ccc(-c4cncc(CN5CCCCC5)c4)cc23)cn1. The van der Waals surface area contributed by atoms with Crippen molar-refractivity contribution in [3.8, 4) is 11.1 Å². The van der Waals surface area contributed by atoms with Crippen molar-refractivity contribution in [3.63, 3.8) is 0 Å². The van der Waals surface area contributed by atoms with Gasteiger partial charge in [0.15, 0.2) is 5.69 Å². The summed E-state index contributed by atoms with van der Waals surface area (Å²) in [5.41, 5.74) is 5.98. The minimum Gasteiger partial charge on any atom is -0.319 e. The van der Waals surface area contributed by atoms with Crippen LogP contribution in [0.2, 0.25) is 0 Å². The molecule has 0 aliphatic carbocycles.